The number of carbonyl (C=O) groups excluding carboxylic acids is 1. The maximum Gasteiger partial charge on any atom is 0.319 e. The van der Waals surface area contributed by atoms with Crippen molar-refractivity contribution in [2.24, 2.45) is 11.7 Å². The molecule has 2 rings (SSSR count). The molecule has 0 aromatic heterocycles. The van der Waals surface area contributed by atoms with E-state index in [0.717, 1.165) is 19.3 Å². The van der Waals surface area contributed by atoms with Gasteiger partial charge in [0.25, 0.3) is 0 Å². The second-order valence-electron chi connectivity index (χ2n) is 5.78. The van der Waals surface area contributed by atoms with Gasteiger partial charge >= 0.3 is 6.03 Å². The lowest BCUT2D eigenvalue weighted by Gasteiger charge is -2.42. The summed E-state index contributed by atoms with van der Waals surface area (Å²) >= 11 is 0. The van der Waals surface area contributed by atoms with Crippen molar-refractivity contribution in [1.29, 1.82) is 5.26 Å². The van der Waals surface area contributed by atoms with Gasteiger partial charge in [0.1, 0.15) is 0 Å². The highest BCUT2D eigenvalue weighted by molar-refractivity contribution is 5.89. The summed E-state index contributed by atoms with van der Waals surface area (Å²) in [5.74, 6) is 0.378. The first-order valence-electron chi connectivity index (χ1n) is 7.39. The predicted octanol–water partition coefficient (Wildman–Crippen LogP) is 2.59. The molecule has 0 heterocycles. The molecule has 2 atom stereocenters. The van der Waals surface area contributed by atoms with Crippen molar-refractivity contribution >= 4 is 11.7 Å². The van der Waals surface area contributed by atoms with Gasteiger partial charge in [-0.3, -0.25) is 0 Å². The molecule has 21 heavy (non-hydrogen) atoms. The van der Waals surface area contributed by atoms with E-state index < -0.39 is 0 Å². The van der Waals surface area contributed by atoms with Crippen molar-refractivity contribution in [3.05, 3.63) is 29.8 Å². The van der Waals surface area contributed by atoms with Crippen molar-refractivity contribution in [3.63, 3.8) is 0 Å². The molecule has 0 radical (unpaired) electrons. The highest BCUT2D eigenvalue weighted by atomic mass is 16.2. The van der Waals surface area contributed by atoms with Crippen LogP contribution >= 0.6 is 0 Å². The third kappa shape index (κ3) is 3.53. The lowest BCUT2D eigenvalue weighted by molar-refractivity contribution is 0.166. The summed E-state index contributed by atoms with van der Waals surface area (Å²) in [6, 6.07) is 8.61. The zero-order valence-electron chi connectivity index (χ0n) is 12.4. The Kier molecular flexibility index (Phi) is 4.81. The van der Waals surface area contributed by atoms with Crippen molar-refractivity contribution in [2.45, 2.75) is 38.1 Å². The molecule has 0 aliphatic heterocycles. The van der Waals surface area contributed by atoms with Crippen molar-refractivity contribution < 1.29 is 4.79 Å². The molecule has 1 aliphatic rings. The molecule has 0 spiro atoms. The van der Waals surface area contributed by atoms with Crippen LogP contribution in [-0.4, -0.2) is 18.1 Å². The number of hydrogen-bond acceptors (Lipinski definition) is 3. The first kappa shape index (κ1) is 15.3. The van der Waals surface area contributed by atoms with E-state index in [0.29, 0.717) is 23.7 Å². The van der Waals surface area contributed by atoms with Crippen molar-refractivity contribution in [1.82, 2.24) is 5.32 Å². The van der Waals surface area contributed by atoms with Gasteiger partial charge in [-0.2, -0.15) is 5.26 Å². The monoisotopic (exact) mass is 286 g/mol. The van der Waals surface area contributed by atoms with E-state index >= 15 is 0 Å². The Morgan fingerprint density at radius 1 is 1.43 bits per heavy atom. The molecule has 1 fully saturated rings. The van der Waals surface area contributed by atoms with Gasteiger partial charge in [-0.05, 0) is 43.0 Å². The normalized spacial score (nSPS) is 24.9. The second-order valence-corrected chi connectivity index (χ2v) is 5.78. The van der Waals surface area contributed by atoms with Gasteiger partial charge in [0.05, 0.1) is 17.2 Å². The van der Waals surface area contributed by atoms with Crippen molar-refractivity contribution in [3.8, 4) is 6.07 Å². The molecule has 1 aromatic rings. The average Bonchev–Trinajstić information content (AvgIpc) is 2.50. The average molecular weight is 286 g/mol. The van der Waals surface area contributed by atoms with Gasteiger partial charge in [-0.1, -0.05) is 19.8 Å². The number of benzene rings is 1. The Morgan fingerprint density at radius 2 is 2.14 bits per heavy atom. The topological polar surface area (TPSA) is 90.9 Å². The van der Waals surface area contributed by atoms with E-state index in [-0.39, 0.29) is 11.6 Å². The fourth-order valence-corrected chi connectivity index (χ4v) is 2.97. The molecule has 1 saturated carbocycles. The SMILES string of the molecule is CC1CCCCC1(CN)NC(=O)Nc1ccc(C#N)cc1. The summed E-state index contributed by atoms with van der Waals surface area (Å²) in [5.41, 5.74) is 6.86. The van der Waals surface area contributed by atoms with Crippen LogP contribution in [-0.2, 0) is 0 Å². The third-order valence-electron chi connectivity index (χ3n) is 4.45. The first-order valence-corrected chi connectivity index (χ1v) is 7.39. The van der Waals surface area contributed by atoms with E-state index in [9.17, 15) is 4.79 Å². The highest BCUT2D eigenvalue weighted by Crippen LogP contribution is 2.32. The number of amides is 2. The van der Waals surface area contributed by atoms with Gasteiger partial charge in [-0.15, -0.1) is 0 Å². The number of nitriles is 1. The quantitative estimate of drug-likeness (QED) is 0.797. The summed E-state index contributed by atoms with van der Waals surface area (Å²) in [5, 5.41) is 14.6. The van der Waals surface area contributed by atoms with Gasteiger partial charge in [0.2, 0.25) is 0 Å². The summed E-state index contributed by atoms with van der Waals surface area (Å²) in [6.07, 6.45) is 4.31. The summed E-state index contributed by atoms with van der Waals surface area (Å²) in [6.45, 7) is 2.60. The zero-order valence-corrected chi connectivity index (χ0v) is 12.4. The summed E-state index contributed by atoms with van der Waals surface area (Å²) < 4.78 is 0. The van der Waals surface area contributed by atoms with Crippen molar-refractivity contribution in [2.75, 3.05) is 11.9 Å². The van der Waals surface area contributed by atoms with Crippen LogP contribution in [0.15, 0.2) is 24.3 Å². The minimum Gasteiger partial charge on any atom is -0.331 e. The van der Waals surface area contributed by atoms with Crippen LogP contribution in [0.3, 0.4) is 0 Å². The number of urea groups is 1. The van der Waals surface area contributed by atoms with Crippen LogP contribution in [0.5, 0.6) is 0 Å². The van der Waals surface area contributed by atoms with Crippen LogP contribution in [0.4, 0.5) is 10.5 Å². The van der Waals surface area contributed by atoms with Gasteiger partial charge in [0, 0.05) is 12.2 Å². The molecular weight excluding hydrogens is 264 g/mol. The smallest absolute Gasteiger partial charge is 0.319 e. The van der Waals surface area contributed by atoms with Gasteiger partial charge in [0.15, 0.2) is 0 Å². The minimum atomic E-state index is -0.311. The number of nitrogens with one attached hydrogen (secondary N) is 2. The number of anilines is 1. The highest BCUT2D eigenvalue weighted by Gasteiger charge is 2.38. The maximum absolute atomic E-state index is 12.2. The van der Waals surface area contributed by atoms with Crippen LogP contribution in [0.2, 0.25) is 0 Å². The Bertz CT molecular complexity index is 534. The number of carbonyl (C=O) groups is 1. The second kappa shape index (κ2) is 6.59. The van der Waals surface area contributed by atoms with Crippen LogP contribution < -0.4 is 16.4 Å². The molecule has 0 saturated heterocycles. The van der Waals surface area contributed by atoms with Gasteiger partial charge < -0.3 is 16.4 Å². The van der Waals surface area contributed by atoms with Crippen LogP contribution in [0, 0.1) is 17.2 Å². The standard InChI is InChI=1S/C16H22N4O/c1-12-4-2-3-9-16(12,11-18)20-15(21)19-14-7-5-13(10-17)6-8-14/h5-8,12H,2-4,9,11,18H2,1H3,(H2,19,20,21). The Balaban J connectivity index is 2.01. The Hall–Kier alpha value is -2.06. The largest absolute Gasteiger partial charge is 0.331 e. The molecule has 112 valence electrons. The molecule has 5 heteroatoms. The van der Waals surface area contributed by atoms with E-state index in [2.05, 4.69) is 17.6 Å². The molecular formula is C16H22N4O. The zero-order chi connectivity index (χ0) is 15.3. The number of hydrogen-bond donors (Lipinski definition) is 3. The molecule has 0 bridgehead atoms. The molecule has 4 N–H and O–H groups in total. The maximum atomic E-state index is 12.2. The van der Waals surface area contributed by atoms with E-state index in [1.54, 1.807) is 24.3 Å². The first-order chi connectivity index (χ1) is 10.1. The van der Waals surface area contributed by atoms with Crippen LogP contribution in [0.25, 0.3) is 0 Å². The van der Waals surface area contributed by atoms with E-state index in [4.69, 9.17) is 11.0 Å². The number of nitrogens with two attached hydrogens (primary N) is 1. The van der Waals surface area contributed by atoms with Gasteiger partial charge in [-0.25, -0.2) is 4.79 Å². The summed E-state index contributed by atoms with van der Waals surface area (Å²) in [4.78, 5) is 12.2. The predicted molar refractivity (Wildman–Crippen MR) is 82.7 cm³/mol. The number of nitrogens with zero attached hydrogens (tertiary/aromatic N) is 1. The summed E-state index contributed by atoms with van der Waals surface area (Å²) in [7, 11) is 0. The number of rotatable bonds is 3. The molecule has 5 nitrogen and oxygen atoms in total. The Morgan fingerprint density at radius 3 is 2.71 bits per heavy atom. The van der Waals surface area contributed by atoms with E-state index in [1.165, 1.54) is 6.42 Å². The molecule has 2 amide bonds. The lowest BCUT2D eigenvalue weighted by Crippen LogP contribution is -2.60. The minimum absolute atomic E-state index is 0.237. The fraction of sp³-hybridized carbons (Fsp3) is 0.500. The third-order valence-corrected chi connectivity index (χ3v) is 4.45. The van der Waals surface area contributed by atoms with Crippen LogP contribution in [0.1, 0.15) is 38.2 Å². The molecule has 2 unspecified atom stereocenters. The lowest BCUT2D eigenvalue weighted by atomic mass is 9.73. The Labute approximate surface area is 125 Å². The molecule has 1 aliphatic carbocycles. The van der Waals surface area contributed by atoms with E-state index in [1.807, 2.05) is 6.07 Å². The molecule has 1 aromatic carbocycles. The fourth-order valence-electron chi connectivity index (χ4n) is 2.97.